The van der Waals surface area contributed by atoms with E-state index in [2.05, 4.69) is 0 Å². The molecule has 1 aliphatic heterocycles. The van der Waals surface area contributed by atoms with Gasteiger partial charge in [0.2, 0.25) is 0 Å². The van der Waals surface area contributed by atoms with Crippen LogP contribution in [0.3, 0.4) is 0 Å². The molecule has 1 atom stereocenters. The highest BCUT2D eigenvalue weighted by Gasteiger charge is 2.30. The fraction of sp³-hybridized carbons (Fsp3) is 0.389. The molecule has 5 heteroatoms. The Bertz CT molecular complexity index is 685. The van der Waals surface area contributed by atoms with E-state index in [4.69, 9.17) is 4.42 Å². The summed E-state index contributed by atoms with van der Waals surface area (Å²) < 4.78 is 19.2. The number of piperidine rings is 1. The quantitative estimate of drug-likeness (QED) is 0.816. The van der Waals surface area contributed by atoms with Crippen molar-refractivity contribution in [1.29, 1.82) is 0 Å². The van der Waals surface area contributed by atoms with Crippen molar-refractivity contribution in [3.63, 3.8) is 0 Å². The predicted octanol–water partition coefficient (Wildman–Crippen LogP) is 4.65. The van der Waals surface area contributed by atoms with Crippen LogP contribution in [0.15, 0.2) is 40.8 Å². The van der Waals surface area contributed by atoms with Crippen LogP contribution < -0.4 is 0 Å². The molecule has 0 saturated carbocycles. The van der Waals surface area contributed by atoms with Gasteiger partial charge in [0.1, 0.15) is 11.6 Å². The van der Waals surface area contributed by atoms with Gasteiger partial charge in [-0.25, -0.2) is 4.39 Å². The van der Waals surface area contributed by atoms with Crippen molar-refractivity contribution in [3.8, 4) is 0 Å². The van der Waals surface area contributed by atoms with E-state index in [9.17, 15) is 9.18 Å². The fourth-order valence-electron chi connectivity index (χ4n) is 3.09. The zero-order chi connectivity index (χ0) is 16.2. The van der Waals surface area contributed by atoms with Gasteiger partial charge in [-0.15, -0.1) is 0 Å². The van der Waals surface area contributed by atoms with E-state index in [-0.39, 0.29) is 17.8 Å². The fourth-order valence-corrected chi connectivity index (χ4v) is 3.53. The number of benzene rings is 1. The second-order valence-corrected chi connectivity index (χ2v) is 6.63. The van der Waals surface area contributed by atoms with Gasteiger partial charge >= 0.3 is 0 Å². The number of hydrogen-bond donors (Lipinski definition) is 0. The Hall–Kier alpha value is -1.75. The number of nitrogens with zero attached hydrogens (tertiary/aromatic N) is 1. The van der Waals surface area contributed by atoms with Crippen molar-refractivity contribution in [2.45, 2.75) is 31.1 Å². The highest BCUT2D eigenvalue weighted by Crippen LogP contribution is 2.32. The minimum absolute atomic E-state index is 0.0824. The molecule has 0 N–H and O–H groups in total. The smallest absolute Gasteiger partial charge is 0.290 e. The van der Waals surface area contributed by atoms with Gasteiger partial charge in [-0.1, -0.05) is 12.1 Å². The van der Waals surface area contributed by atoms with E-state index >= 15 is 0 Å². The van der Waals surface area contributed by atoms with E-state index in [1.54, 1.807) is 23.9 Å². The number of amides is 1. The molecule has 0 unspecified atom stereocenters. The summed E-state index contributed by atoms with van der Waals surface area (Å²) in [6, 6.07) is 10.1. The molecule has 1 saturated heterocycles. The zero-order valence-corrected chi connectivity index (χ0v) is 13.9. The standard InChI is InChI=1S/C18H20FNO2S/c1-23-12-15-8-9-17(22-15)18(21)20-10-3-2-7-16(20)13-5-4-6-14(19)11-13/h4-6,8-9,11,16H,2-3,7,10,12H2,1H3/t16-/m0/s1. The molecule has 3 rings (SSSR count). The zero-order valence-electron chi connectivity index (χ0n) is 13.1. The van der Waals surface area contributed by atoms with Crippen molar-refractivity contribution < 1.29 is 13.6 Å². The summed E-state index contributed by atoms with van der Waals surface area (Å²) in [5.41, 5.74) is 0.856. The lowest BCUT2D eigenvalue weighted by Gasteiger charge is -2.35. The van der Waals surface area contributed by atoms with Crippen molar-refractivity contribution in [1.82, 2.24) is 4.90 Å². The molecule has 1 aliphatic rings. The van der Waals surface area contributed by atoms with Gasteiger partial charge in [-0.3, -0.25) is 4.79 Å². The molecular formula is C18H20FNO2S. The minimum atomic E-state index is -0.263. The molecule has 1 fully saturated rings. The molecule has 0 aliphatic carbocycles. The Morgan fingerprint density at radius 2 is 2.22 bits per heavy atom. The lowest BCUT2D eigenvalue weighted by Crippen LogP contribution is -2.38. The van der Waals surface area contributed by atoms with E-state index in [1.807, 2.05) is 23.3 Å². The SMILES string of the molecule is CSCc1ccc(C(=O)N2CCCC[C@H]2c2cccc(F)c2)o1. The average Bonchev–Trinajstić information content (AvgIpc) is 3.03. The average molecular weight is 333 g/mol. The molecule has 1 aromatic heterocycles. The van der Waals surface area contributed by atoms with Gasteiger partial charge in [0.25, 0.3) is 5.91 Å². The number of thioether (sulfide) groups is 1. The highest BCUT2D eigenvalue weighted by atomic mass is 32.2. The van der Waals surface area contributed by atoms with Crippen LogP contribution in [0.5, 0.6) is 0 Å². The molecule has 122 valence electrons. The van der Waals surface area contributed by atoms with Crippen molar-refractivity contribution >= 4 is 17.7 Å². The Balaban J connectivity index is 1.84. The van der Waals surface area contributed by atoms with E-state index in [0.29, 0.717) is 12.3 Å². The molecule has 1 aromatic carbocycles. The van der Waals surface area contributed by atoms with Crippen molar-refractivity contribution in [3.05, 3.63) is 59.3 Å². The Morgan fingerprint density at radius 3 is 3.00 bits per heavy atom. The molecule has 0 bridgehead atoms. The van der Waals surface area contributed by atoms with E-state index in [1.165, 1.54) is 12.1 Å². The third-order valence-electron chi connectivity index (χ3n) is 4.16. The van der Waals surface area contributed by atoms with Gasteiger partial charge in [0, 0.05) is 6.54 Å². The summed E-state index contributed by atoms with van der Waals surface area (Å²) in [6.07, 6.45) is 4.86. The molecule has 3 nitrogen and oxygen atoms in total. The number of carbonyl (C=O) groups is 1. The Morgan fingerprint density at radius 1 is 1.35 bits per heavy atom. The van der Waals surface area contributed by atoms with Crippen LogP contribution >= 0.6 is 11.8 Å². The number of rotatable bonds is 4. The van der Waals surface area contributed by atoms with Crippen molar-refractivity contribution in [2.75, 3.05) is 12.8 Å². The first kappa shape index (κ1) is 16.1. The van der Waals surface area contributed by atoms with Crippen LogP contribution in [0.25, 0.3) is 0 Å². The van der Waals surface area contributed by atoms with Crippen LogP contribution in [0.4, 0.5) is 4.39 Å². The van der Waals surface area contributed by atoms with Crippen LogP contribution in [-0.2, 0) is 5.75 Å². The Kier molecular flexibility index (Phi) is 5.06. The summed E-state index contributed by atoms with van der Waals surface area (Å²) in [5, 5.41) is 0. The molecule has 2 heterocycles. The van der Waals surface area contributed by atoms with E-state index < -0.39 is 0 Å². The second-order valence-electron chi connectivity index (χ2n) is 5.76. The van der Waals surface area contributed by atoms with E-state index in [0.717, 1.165) is 36.3 Å². The predicted molar refractivity (Wildman–Crippen MR) is 90.0 cm³/mol. The number of furan rings is 1. The normalized spacial score (nSPS) is 18.2. The minimum Gasteiger partial charge on any atom is -0.455 e. The van der Waals surface area contributed by atoms with Gasteiger partial charge < -0.3 is 9.32 Å². The molecule has 1 amide bonds. The van der Waals surface area contributed by atoms with Crippen LogP contribution in [0, 0.1) is 5.82 Å². The maximum Gasteiger partial charge on any atom is 0.290 e. The van der Waals surface area contributed by atoms with Gasteiger partial charge in [-0.2, -0.15) is 11.8 Å². The first-order valence-electron chi connectivity index (χ1n) is 7.83. The lowest BCUT2D eigenvalue weighted by molar-refractivity contribution is 0.0577. The molecule has 2 aromatic rings. The molecular weight excluding hydrogens is 313 g/mol. The number of hydrogen-bond acceptors (Lipinski definition) is 3. The number of halogens is 1. The van der Waals surface area contributed by atoms with Crippen LogP contribution in [0.1, 0.15) is 47.2 Å². The summed E-state index contributed by atoms with van der Waals surface area (Å²) in [5.74, 6) is 1.56. The summed E-state index contributed by atoms with van der Waals surface area (Å²) in [7, 11) is 0. The summed E-state index contributed by atoms with van der Waals surface area (Å²) in [6.45, 7) is 0.679. The monoisotopic (exact) mass is 333 g/mol. The van der Waals surface area contributed by atoms with Gasteiger partial charge in [0.15, 0.2) is 5.76 Å². The van der Waals surface area contributed by atoms with Crippen LogP contribution in [0.2, 0.25) is 0 Å². The van der Waals surface area contributed by atoms with Crippen molar-refractivity contribution in [2.24, 2.45) is 0 Å². The number of likely N-dealkylation sites (tertiary alicyclic amines) is 1. The number of carbonyl (C=O) groups excluding carboxylic acids is 1. The maximum absolute atomic E-state index is 13.5. The summed E-state index contributed by atoms with van der Waals surface area (Å²) >= 11 is 1.65. The molecule has 0 radical (unpaired) electrons. The Labute approximate surface area is 139 Å². The third-order valence-corrected chi connectivity index (χ3v) is 4.73. The first-order valence-corrected chi connectivity index (χ1v) is 9.22. The lowest BCUT2D eigenvalue weighted by atomic mass is 9.95. The first-order chi connectivity index (χ1) is 11.2. The largest absolute Gasteiger partial charge is 0.455 e. The van der Waals surface area contributed by atoms with Crippen LogP contribution in [-0.4, -0.2) is 23.6 Å². The van der Waals surface area contributed by atoms with Gasteiger partial charge in [0.05, 0.1) is 11.8 Å². The topological polar surface area (TPSA) is 33.5 Å². The van der Waals surface area contributed by atoms with Gasteiger partial charge in [-0.05, 0) is 55.3 Å². The molecule has 0 spiro atoms. The third kappa shape index (κ3) is 3.61. The maximum atomic E-state index is 13.5. The second kappa shape index (κ2) is 7.21. The highest BCUT2D eigenvalue weighted by molar-refractivity contribution is 7.97. The summed E-state index contributed by atoms with van der Waals surface area (Å²) in [4.78, 5) is 14.6. The molecule has 23 heavy (non-hydrogen) atoms.